The predicted octanol–water partition coefficient (Wildman–Crippen LogP) is 5.21. The molecule has 28 heavy (non-hydrogen) atoms. The number of carbonyl (C=O) groups excluding carboxylic acids is 1. The van der Waals surface area contributed by atoms with Crippen LogP contribution in [0.15, 0.2) is 72.8 Å². The van der Waals surface area contributed by atoms with Gasteiger partial charge in [-0.25, -0.2) is 9.97 Å². The summed E-state index contributed by atoms with van der Waals surface area (Å²) in [5.74, 6) is 0.0435. The first kappa shape index (κ1) is 17.9. The molecule has 0 saturated carbocycles. The Morgan fingerprint density at radius 1 is 0.893 bits per heavy atom. The number of anilines is 1. The molecule has 0 saturated heterocycles. The second-order valence-electron chi connectivity index (χ2n) is 6.12. The van der Waals surface area contributed by atoms with Crippen molar-refractivity contribution >= 4 is 34.2 Å². The van der Waals surface area contributed by atoms with Gasteiger partial charge in [0.2, 0.25) is 0 Å². The van der Waals surface area contributed by atoms with Gasteiger partial charge < -0.3 is 10.1 Å². The zero-order chi connectivity index (χ0) is 19.5. The molecule has 0 aliphatic carbocycles. The average Bonchev–Trinajstić information content (AvgIpc) is 2.74. The first-order chi connectivity index (χ1) is 13.6. The van der Waals surface area contributed by atoms with Crippen molar-refractivity contribution in [3.8, 4) is 17.0 Å². The molecule has 0 bridgehead atoms. The van der Waals surface area contributed by atoms with E-state index >= 15 is 0 Å². The first-order valence-corrected chi connectivity index (χ1v) is 9.00. The standard InChI is InChI=1S/C22H16ClN3O2/c1-28-22-20(23)25-18-12-11-17(13-19(18)26-22)24-21(27)16-9-7-15(8-10-16)14-5-3-2-4-6-14/h2-13H,1H3,(H,24,27). The van der Waals surface area contributed by atoms with E-state index < -0.39 is 0 Å². The van der Waals surface area contributed by atoms with Crippen molar-refractivity contribution in [2.45, 2.75) is 0 Å². The molecule has 1 N–H and O–H groups in total. The van der Waals surface area contributed by atoms with Gasteiger partial charge in [-0.15, -0.1) is 0 Å². The molecule has 0 fully saturated rings. The predicted molar refractivity (Wildman–Crippen MR) is 111 cm³/mol. The molecule has 4 aromatic rings. The van der Waals surface area contributed by atoms with Crippen LogP contribution >= 0.6 is 11.6 Å². The van der Waals surface area contributed by atoms with Crippen molar-refractivity contribution in [3.05, 3.63) is 83.5 Å². The summed E-state index contributed by atoms with van der Waals surface area (Å²) in [4.78, 5) is 21.1. The largest absolute Gasteiger partial charge is 0.479 e. The fourth-order valence-electron chi connectivity index (χ4n) is 2.87. The Morgan fingerprint density at radius 3 is 2.32 bits per heavy atom. The van der Waals surface area contributed by atoms with Gasteiger partial charge in [0.1, 0.15) is 0 Å². The minimum absolute atomic E-state index is 0.199. The highest BCUT2D eigenvalue weighted by Crippen LogP contribution is 2.25. The third-order valence-electron chi connectivity index (χ3n) is 4.30. The second kappa shape index (κ2) is 7.66. The average molecular weight is 390 g/mol. The number of nitrogens with zero attached hydrogens (tertiary/aromatic N) is 2. The molecule has 0 atom stereocenters. The summed E-state index contributed by atoms with van der Waals surface area (Å²) in [6.07, 6.45) is 0. The van der Waals surface area contributed by atoms with Crippen LogP contribution in [0, 0.1) is 0 Å². The van der Waals surface area contributed by atoms with Crippen molar-refractivity contribution in [3.63, 3.8) is 0 Å². The number of halogens is 1. The van der Waals surface area contributed by atoms with E-state index in [4.69, 9.17) is 16.3 Å². The third-order valence-corrected chi connectivity index (χ3v) is 4.54. The van der Waals surface area contributed by atoms with Crippen LogP contribution in [-0.4, -0.2) is 23.0 Å². The number of hydrogen-bond donors (Lipinski definition) is 1. The smallest absolute Gasteiger partial charge is 0.255 e. The van der Waals surface area contributed by atoms with Crippen LogP contribution in [0.3, 0.4) is 0 Å². The lowest BCUT2D eigenvalue weighted by Gasteiger charge is -2.08. The molecule has 0 radical (unpaired) electrons. The van der Waals surface area contributed by atoms with Crippen molar-refractivity contribution < 1.29 is 9.53 Å². The van der Waals surface area contributed by atoms with E-state index in [1.165, 1.54) is 7.11 Å². The van der Waals surface area contributed by atoms with Crippen LogP contribution in [0.5, 0.6) is 5.88 Å². The molecule has 1 heterocycles. The number of amides is 1. The number of hydrogen-bond acceptors (Lipinski definition) is 4. The number of carbonyl (C=O) groups is 1. The summed E-state index contributed by atoms with van der Waals surface area (Å²) in [7, 11) is 1.48. The van der Waals surface area contributed by atoms with Gasteiger partial charge in [-0.3, -0.25) is 4.79 Å². The van der Waals surface area contributed by atoms with Crippen LogP contribution in [0.2, 0.25) is 5.15 Å². The van der Waals surface area contributed by atoms with Gasteiger partial charge in [-0.05, 0) is 41.5 Å². The van der Waals surface area contributed by atoms with E-state index in [1.54, 1.807) is 30.3 Å². The van der Waals surface area contributed by atoms with Crippen LogP contribution in [0.1, 0.15) is 10.4 Å². The molecule has 6 heteroatoms. The molecular weight excluding hydrogens is 374 g/mol. The van der Waals surface area contributed by atoms with Gasteiger partial charge >= 0.3 is 0 Å². The maximum absolute atomic E-state index is 12.6. The molecule has 3 aromatic carbocycles. The normalized spacial score (nSPS) is 10.6. The van der Waals surface area contributed by atoms with Crippen molar-refractivity contribution in [1.82, 2.24) is 9.97 Å². The Balaban J connectivity index is 1.55. The first-order valence-electron chi connectivity index (χ1n) is 8.62. The third kappa shape index (κ3) is 3.66. The topological polar surface area (TPSA) is 64.1 Å². The van der Waals surface area contributed by atoms with E-state index in [9.17, 15) is 4.79 Å². The Labute approximate surface area is 167 Å². The lowest BCUT2D eigenvalue weighted by molar-refractivity contribution is 0.102. The zero-order valence-corrected chi connectivity index (χ0v) is 15.8. The van der Waals surface area contributed by atoms with Gasteiger partial charge in [0, 0.05) is 11.3 Å². The number of aromatic nitrogens is 2. The molecule has 4 rings (SSSR count). The lowest BCUT2D eigenvalue weighted by Crippen LogP contribution is -2.11. The van der Waals surface area contributed by atoms with Crippen LogP contribution in [0.25, 0.3) is 22.2 Å². The summed E-state index contributed by atoms with van der Waals surface area (Å²) >= 11 is 6.00. The van der Waals surface area contributed by atoms with Crippen LogP contribution in [0.4, 0.5) is 5.69 Å². The van der Waals surface area contributed by atoms with Gasteiger partial charge in [0.25, 0.3) is 11.8 Å². The Bertz CT molecular complexity index is 1150. The number of nitrogens with one attached hydrogen (secondary N) is 1. The van der Waals surface area contributed by atoms with Crippen molar-refractivity contribution in [2.24, 2.45) is 0 Å². The number of fused-ring (bicyclic) bond motifs is 1. The molecule has 0 spiro atoms. The molecule has 1 amide bonds. The number of rotatable bonds is 4. The van der Waals surface area contributed by atoms with Gasteiger partial charge in [-0.2, -0.15) is 0 Å². The van der Waals surface area contributed by atoms with E-state index in [2.05, 4.69) is 15.3 Å². The van der Waals surface area contributed by atoms with E-state index in [-0.39, 0.29) is 16.9 Å². The number of methoxy groups -OCH3 is 1. The van der Waals surface area contributed by atoms with Gasteiger partial charge in [0.05, 0.1) is 18.1 Å². The minimum Gasteiger partial charge on any atom is -0.479 e. The van der Waals surface area contributed by atoms with Gasteiger partial charge in [0.15, 0.2) is 5.15 Å². The zero-order valence-electron chi connectivity index (χ0n) is 15.0. The lowest BCUT2D eigenvalue weighted by atomic mass is 10.0. The molecule has 5 nitrogen and oxygen atoms in total. The molecule has 0 unspecified atom stereocenters. The van der Waals surface area contributed by atoms with Crippen LogP contribution < -0.4 is 10.1 Å². The fourth-order valence-corrected chi connectivity index (χ4v) is 3.08. The molecule has 1 aromatic heterocycles. The molecule has 0 aliphatic heterocycles. The van der Waals surface area contributed by atoms with E-state index in [1.807, 2.05) is 42.5 Å². The highest BCUT2D eigenvalue weighted by Gasteiger charge is 2.10. The summed E-state index contributed by atoms with van der Waals surface area (Å²) < 4.78 is 5.10. The number of benzene rings is 3. The maximum Gasteiger partial charge on any atom is 0.255 e. The maximum atomic E-state index is 12.6. The Kier molecular flexibility index (Phi) is 4.91. The summed E-state index contributed by atoms with van der Waals surface area (Å²) in [6.45, 7) is 0. The number of ether oxygens (including phenoxy) is 1. The second-order valence-corrected chi connectivity index (χ2v) is 6.48. The Hall–Kier alpha value is -3.44. The van der Waals surface area contributed by atoms with Crippen molar-refractivity contribution in [2.75, 3.05) is 12.4 Å². The highest BCUT2D eigenvalue weighted by molar-refractivity contribution is 6.31. The summed E-state index contributed by atoms with van der Waals surface area (Å²) in [5.41, 5.74) is 4.55. The summed E-state index contributed by atoms with van der Waals surface area (Å²) in [6, 6.07) is 22.7. The van der Waals surface area contributed by atoms with E-state index in [0.29, 0.717) is 22.3 Å². The van der Waals surface area contributed by atoms with Crippen molar-refractivity contribution in [1.29, 1.82) is 0 Å². The van der Waals surface area contributed by atoms with Gasteiger partial charge in [-0.1, -0.05) is 54.1 Å². The SMILES string of the molecule is COc1nc2cc(NC(=O)c3ccc(-c4ccccc4)cc3)ccc2nc1Cl. The quantitative estimate of drug-likeness (QED) is 0.520. The molecular formula is C22H16ClN3O2. The minimum atomic E-state index is -0.201. The Morgan fingerprint density at radius 2 is 1.61 bits per heavy atom. The van der Waals surface area contributed by atoms with E-state index in [0.717, 1.165) is 11.1 Å². The fraction of sp³-hybridized carbons (Fsp3) is 0.0455. The van der Waals surface area contributed by atoms with Crippen LogP contribution in [-0.2, 0) is 0 Å². The monoisotopic (exact) mass is 389 g/mol. The molecule has 138 valence electrons. The molecule has 0 aliphatic rings. The summed E-state index contributed by atoms with van der Waals surface area (Å²) in [5, 5.41) is 3.08. The highest BCUT2D eigenvalue weighted by atomic mass is 35.5.